The van der Waals surface area contributed by atoms with Crippen molar-refractivity contribution in [1.29, 1.82) is 0 Å². The van der Waals surface area contributed by atoms with Gasteiger partial charge in [0.15, 0.2) is 5.96 Å². The van der Waals surface area contributed by atoms with E-state index < -0.39 is 0 Å². The molecule has 0 amide bonds. The molecule has 1 aromatic heterocycles. The standard InChI is InChI=1S/C23H27ClN6/c1-25-23(28-21-8-10-30(16-21)22-7-3-6-20(24)13-22)27-14-18-4-2-5-19(12-18)15-29-11-9-26-17-29/h2-7,9,11-13,17,21H,8,10,14-16H2,1H3,(H2,25,27,28). The van der Waals surface area contributed by atoms with Crippen LogP contribution in [0.2, 0.25) is 5.02 Å². The predicted octanol–water partition coefficient (Wildman–Crippen LogP) is 3.53. The number of aromatic nitrogens is 2. The highest BCUT2D eigenvalue weighted by Crippen LogP contribution is 2.23. The highest BCUT2D eigenvalue weighted by Gasteiger charge is 2.23. The Bertz CT molecular complexity index is 985. The Morgan fingerprint density at radius 2 is 2.07 bits per heavy atom. The number of hydrogen-bond donors (Lipinski definition) is 2. The molecule has 1 fully saturated rings. The van der Waals surface area contributed by atoms with Gasteiger partial charge in [-0.1, -0.05) is 41.9 Å². The van der Waals surface area contributed by atoms with Gasteiger partial charge >= 0.3 is 0 Å². The molecule has 2 aromatic carbocycles. The summed E-state index contributed by atoms with van der Waals surface area (Å²) in [5.74, 6) is 0.827. The third-order valence-electron chi connectivity index (χ3n) is 5.30. The number of imidazole rings is 1. The zero-order valence-corrected chi connectivity index (χ0v) is 17.9. The lowest BCUT2D eigenvalue weighted by Crippen LogP contribution is -2.44. The summed E-state index contributed by atoms with van der Waals surface area (Å²) in [5, 5.41) is 7.77. The summed E-state index contributed by atoms with van der Waals surface area (Å²) in [6.45, 7) is 3.48. The Morgan fingerprint density at radius 1 is 1.20 bits per heavy atom. The van der Waals surface area contributed by atoms with E-state index in [1.807, 2.05) is 37.8 Å². The zero-order chi connectivity index (χ0) is 20.8. The topological polar surface area (TPSA) is 57.5 Å². The van der Waals surface area contributed by atoms with E-state index in [4.69, 9.17) is 11.6 Å². The smallest absolute Gasteiger partial charge is 0.191 e. The second-order valence-electron chi connectivity index (χ2n) is 7.54. The van der Waals surface area contributed by atoms with Gasteiger partial charge in [0.05, 0.1) is 6.33 Å². The molecule has 4 rings (SSSR count). The van der Waals surface area contributed by atoms with Gasteiger partial charge in [-0.15, -0.1) is 0 Å². The minimum Gasteiger partial charge on any atom is -0.369 e. The lowest BCUT2D eigenvalue weighted by Gasteiger charge is -2.20. The van der Waals surface area contributed by atoms with Gasteiger partial charge in [-0.3, -0.25) is 4.99 Å². The average molecular weight is 423 g/mol. The van der Waals surface area contributed by atoms with Crippen LogP contribution in [0.4, 0.5) is 5.69 Å². The van der Waals surface area contributed by atoms with Gasteiger partial charge < -0.3 is 20.1 Å². The SMILES string of the molecule is CN=C(NCc1cccc(Cn2ccnc2)c1)NC1CCN(c2cccc(Cl)c2)C1. The van der Waals surface area contributed by atoms with Gasteiger partial charge in [-0.05, 0) is 35.7 Å². The molecule has 0 radical (unpaired) electrons. The highest BCUT2D eigenvalue weighted by molar-refractivity contribution is 6.30. The van der Waals surface area contributed by atoms with E-state index in [9.17, 15) is 0 Å². The molecule has 0 saturated carbocycles. The summed E-state index contributed by atoms with van der Waals surface area (Å²) in [6, 6.07) is 17.0. The van der Waals surface area contributed by atoms with Gasteiger partial charge in [-0.25, -0.2) is 4.98 Å². The molecule has 156 valence electrons. The number of anilines is 1. The van der Waals surface area contributed by atoms with Crippen molar-refractivity contribution >= 4 is 23.2 Å². The van der Waals surface area contributed by atoms with E-state index in [2.05, 4.69) is 60.4 Å². The van der Waals surface area contributed by atoms with Crippen molar-refractivity contribution in [3.63, 3.8) is 0 Å². The van der Waals surface area contributed by atoms with Crippen molar-refractivity contribution < 1.29 is 0 Å². The molecule has 1 saturated heterocycles. The fourth-order valence-corrected chi connectivity index (χ4v) is 3.97. The van der Waals surface area contributed by atoms with Crippen LogP contribution in [-0.4, -0.2) is 41.7 Å². The van der Waals surface area contributed by atoms with Crippen molar-refractivity contribution in [2.75, 3.05) is 25.0 Å². The second kappa shape index (κ2) is 9.67. The molecule has 1 aliphatic rings. The van der Waals surface area contributed by atoms with Crippen LogP contribution in [0.5, 0.6) is 0 Å². The van der Waals surface area contributed by atoms with Gasteiger partial charge in [0.25, 0.3) is 0 Å². The summed E-state index contributed by atoms with van der Waals surface area (Å²) >= 11 is 6.14. The largest absolute Gasteiger partial charge is 0.369 e. The number of nitrogens with zero attached hydrogens (tertiary/aromatic N) is 4. The number of aliphatic imine (C=N–C) groups is 1. The van der Waals surface area contributed by atoms with E-state index in [-0.39, 0.29) is 0 Å². The Hall–Kier alpha value is -2.99. The van der Waals surface area contributed by atoms with Crippen LogP contribution in [0.1, 0.15) is 17.5 Å². The highest BCUT2D eigenvalue weighted by atomic mass is 35.5. The molecule has 3 aromatic rings. The first kappa shape index (κ1) is 20.3. The molecule has 0 aliphatic carbocycles. The van der Waals surface area contributed by atoms with Gasteiger partial charge in [0.2, 0.25) is 0 Å². The van der Waals surface area contributed by atoms with Gasteiger partial charge in [0, 0.05) is 62.4 Å². The second-order valence-corrected chi connectivity index (χ2v) is 7.97. The number of benzene rings is 2. The lowest BCUT2D eigenvalue weighted by atomic mass is 10.1. The summed E-state index contributed by atoms with van der Waals surface area (Å²) in [7, 11) is 1.81. The Labute approximate surface area is 182 Å². The van der Waals surface area contributed by atoms with Crippen LogP contribution in [0.15, 0.2) is 72.2 Å². The molecule has 2 heterocycles. The maximum atomic E-state index is 6.14. The van der Waals surface area contributed by atoms with E-state index in [0.717, 1.165) is 43.6 Å². The summed E-state index contributed by atoms with van der Waals surface area (Å²) in [6.07, 6.45) is 6.68. The molecule has 7 heteroatoms. The first-order valence-electron chi connectivity index (χ1n) is 10.2. The monoisotopic (exact) mass is 422 g/mol. The van der Waals surface area contributed by atoms with Crippen molar-refractivity contribution in [3.05, 3.63) is 83.4 Å². The van der Waals surface area contributed by atoms with Crippen LogP contribution < -0.4 is 15.5 Å². The predicted molar refractivity (Wildman–Crippen MR) is 123 cm³/mol. The number of guanidine groups is 1. The summed E-state index contributed by atoms with van der Waals surface area (Å²) in [5.41, 5.74) is 3.65. The number of halogens is 1. The molecule has 30 heavy (non-hydrogen) atoms. The van der Waals surface area contributed by atoms with Crippen molar-refractivity contribution in [2.24, 2.45) is 4.99 Å². The van der Waals surface area contributed by atoms with Crippen LogP contribution in [0.3, 0.4) is 0 Å². The van der Waals surface area contributed by atoms with Crippen molar-refractivity contribution in [2.45, 2.75) is 25.6 Å². The number of hydrogen-bond acceptors (Lipinski definition) is 3. The maximum Gasteiger partial charge on any atom is 0.191 e. The van der Waals surface area contributed by atoms with E-state index >= 15 is 0 Å². The molecular weight excluding hydrogens is 396 g/mol. The molecule has 1 atom stereocenters. The first-order valence-corrected chi connectivity index (χ1v) is 10.6. The maximum absolute atomic E-state index is 6.14. The Kier molecular flexibility index (Phi) is 6.54. The lowest BCUT2D eigenvalue weighted by molar-refractivity contribution is 0.648. The van der Waals surface area contributed by atoms with Crippen molar-refractivity contribution in [3.8, 4) is 0 Å². The molecule has 2 N–H and O–H groups in total. The fourth-order valence-electron chi connectivity index (χ4n) is 3.79. The Balaban J connectivity index is 1.29. The zero-order valence-electron chi connectivity index (χ0n) is 17.1. The van der Waals surface area contributed by atoms with E-state index in [1.165, 1.54) is 16.8 Å². The average Bonchev–Trinajstić information content (AvgIpc) is 3.43. The molecule has 0 spiro atoms. The molecule has 6 nitrogen and oxygen atoms in total. The summed E-state index contributed by atoms with van der Waals surface area (Å²) < 4.78 is 2.07. The molecule has 1 unspecified atom stereocenters. The third kappa shape index (κ3) is 5.33. The van der Waals surface area contributed by atoms with Gasteiger partial charge in [0.1, 0.15) is 0 Å². The van der Waals surface area contributed by atoms with Crippen LogP contribution in [-0.2, 0) is 13.1 Å². The number of rotatable bonds is 6. The fraction of sp³-hybridized carbons (Fsp3) is 0.304. The van der Waals surface area contributed by atoms with E-state index in [0.29, 0.717) is 6.04 Å². The molecular formula is C23H27ClN6. The Morgan fingerprint density at radius 3 is 2.87 bits per heavy atom. The molecule has 1 aliphatic heterocycles. The van der Waals surface area contributed by atoms with Crippen LogP contribution in [0, 0.1) is 0 Å². The summed E-state index contributed by atoms with van der Waals surface area (Å²) in [4.78, 5) is 10.9. The number of nitrogens with one attached hydrogen (secondary N) is 2. The molecule has 0 bridgehead atoms. The van der Waals surface area contributed by atoms with Crippen LogP contribution in [0.25, 0.3) is 0 Å². The minimum absolute atomic E-state index is 0.350. The third-order valence-corrected chi connectivity index (χ3v) is 5.54. The normalized spacial score (nSPS) is 16.7. The first-order chi connectivity index (χ1) is 14.7. The van der Waals surface area contributed by atoms with Crippen molar-refractivity contribution in [1.82, 2.24) is 20.2 Å². The van der Waals surface area contributed by atoms with Gasteiger partial charge in [-0.2, -0.15) is 0 Å². The van der Waals surface area contributed by atoms with E-state index in [1.54, 1.807) is 6.20 Å². The quantitative estimate of drug-likeness (QED) is 0.471. The van der Waals surface area contributed by atoms with Crippen LogP contribution >= 0.6 is 11.6 Å². The minimum atomic E-state index is 0.350.